The van der Waals surface area contributed by atoms with Crippen molar-refractivity contribution in [3.05, 3.63) is 59.9 Å². The molecule has 0 saturated carbocycles. The molecule has 1 atom stereocenters. The first-order chi connectivity index (χ1) is 18.2. The number of sulfonamides is 1. The van der Waals surface area contributed by atoms with Gasteiger partial charge in [-0.2, -0.15) is 8.42 Å². The summed E-state index contributed by atoms with van der Waals surface area (Å²) in [5.74, 6) is -0.988. The Kier molecular flexibility index (Phi) is 9.16. The Morgan fingerprint density at radius 2 is 1.82 bits per heavy atom. The monoisotopic (exact) mass is 558 g/mol. The van der Waals surface area contributed by atoms with Crippen molar-refractivity contribution in [2.45, 2.75) is 59.1 Å². The van der Waals surface area contributed by atoms with Crippen LogP contribution < -0.4 is 19.9 Å². The van der Waals surface area contributed by atoms with E-state index in [1.54, 1.807) is 6.07 Å². The molecule has 0 aliphatic carbocycles. The summed E-state index contributed by atoms with van der Waals surface area (Å²) < 4.78 is 54.0. The molecular weight excluding hydrogens is 523 g/mol. The molecule has 0 fully saturated rings. The highest BCUT2D eigenvalue weighted by molar-refractivity contribution is 7.90. The van der Waals surface area contributed by atoms with Crippen LogP contribution in [0, 0.1) is 17.2 Å². The van der Waals surface area contributed by atoms with Crippen LogP contribution in [0.2, 0.25) is 0 Å². The van der Waals surface area contributed by atoms with Crippen LogP contribution in [0.25, 0.3) is 11.3 Å². The summed E-state index contributed by atoms with van der Waals surface area (Å²) in [5, 5.41) is -0.405. The van der Waals surface area contributed by atoms with Gasteiger partial charge >= 0.3 is 0 Å². The van der Waals surface area contributed by atoms with E-state index in [1.165, 1.54) is 42.5 Å². The lowest BCUT2D eigenvalue weighted by Crippen LogP contribution is -2.34. The van der Waals surface area contributed by atoms with Crippen molar-refractivity contribution in [3.63, 3.8) is 0 Å². The smallest absolute Gasteiger partial charge is 0.281 e. The van der Waals surface area contributed by atoms with E-state index < -0.39 is 26.8 Å². The highest BCUT2D eigenvalue weighted by Gasteiger charge is 2.29. The number of ether oxygens (including phenoxy) is 2. The zero-order chi connectivity index (χ0) is 29.0. The predicted octanol–water partition coefficient (Wildman–Crippen LogP) is 5.22. The Bertz CT molecular complexity index is 1440. The number of anilines is 1. The number of nitrogen functional groups attached to an aromatic ring is 1. The van der Waals surface area contributed by atoms with Gasteiger partial charge in [0, 0.05) is 11.6 Å². The van der Waals surface area contributed by atoms with Gasteiger partial charge in [-0.1, -0.05) is 47.6 Å². The number of nitrogens with zero attached hydrogens (tertiary/aromatic N) is 2. The normalized spacial score (nSPS) is 12.7. The molecule has 0 aliphatic heterocycles. The number of halogens is 1. The molecule has 0 aliphatic rings. The van der Waals surface area contributed by atoms with Crippen LogP contribution in [-0.2, 0) is 10.0 Å². The third-order valence-electron chi connectivity index (χ3n) is 5.69. The third kappa shape index (κ3) is 7.89. The second-order valence-corrected chi connectivity index (χ2v) is 12.3. The number of carbonyl (C=O) groups excluding carboxylic acids is 1. The van der Waals surface area contributed by atoms with Gasteiger partial charge in [0.15, 0.2) is 5.03 Å². The second-order valence-electron chi connectivity index (χ2n) is 10.6. The fourth-order valence-corrected chi connectivity index (χ4v) is 4.68. The van der Waals surface area contributed by atoms with Crippen molar-refractivity contribution in [2.24, 2.45) is 11.3 Å². The van der Waals surface area contributed by atoms with E-state index in [-0.39, 0.29) is 34.7 Å². The van der Waals surface area contributed by atoms with Gasteiger partial charge in [-0.15, -0.1) is 0 Å². The Morgan fingerprint density at radius 3 is 2.44 bits per heavy atom. The predicted molar refractivity (Wildman–Crippen MR) is 147 cm³/mol. The summed E-state index contributed by atoms with van der Waals surface area (Å²) in [6.07, 6.45) is 0.228. The number of carbonyl (C=O) groups is 1. The largest absolute Gasteiger partial charge is 0.493 e. The molecule has 210 valence electrons. The van der Waals surface area contributed by atoms with Crippen LogP contribution in [-0.4, -0.2) is 37.0 Å². The fraction of sp³-hybridized carbons (Fsp3) is 0.393. The van der Waals surface area contributed by atoms with Gasteiger partial charge < -0.3 is 15.2 Å². The van der Waals surface area contributed by atoms with Crippen molar-refractivity contribution >= 4 is 21.7 Å². The van der Waals surface area contributed by atoms with Crippen LogP contribution in [0.1, 0.15) is 58.3 Å². The van der Waals surface area contributed by atoms with Crippen molar-refractivity contribution in [2.75, 3.05) is 12.3 Å². The number of nitrogens with two attached hydrogens (primary N) is 1. The van der Waals surface area contributed by atoms with E-state index in [0.29, 0.717) is 30.0 Å². The summed E-state index contributed by atoms with van der Waals surface area (Å²) in [6.45, 7) is 12.2. The molecule has 2 heterocycles. The van der Waals surface area contributed by atoms with Gasteiger partial charge in [0.2, 0.25) is 5.88 Å². The molecule has 0 radical (unpaired) electrons. The van der Waals surface area contributed by atoms with Gasteiger partial charge in [0.05, 0.1) is 12.3 Å². The van der Waals surface area contributed by atoms with Gasteiger partial charge in [-0.25, -0.2) is 19.1 Å². The summed E-state index contributed by atoms with van der Waals surface area (Å²) in [6, 6.07) is 11.2. The van der Waals surface area contributed by atoms with E-state index in [2.05, 4.69) is 9.97 Å². The van der Waals surface area contributed by atoms with E-state index >= 15 is 0 Å². The lowest BCUT2D eigenvalue weighted by atomic mass is 9.87. The van der Waals surface area contributed by atoms with Gasteiger partial charge in [0.1, 0.15) is 29.1 Å². The van der Waals surface area contributed by atoms with E-state index in [4.69, 9.17) is 15.2 Å². The number of benzene rings is 1. The molecule has 11 heteroatoms. The maximum atomic E-state index is 14.5. The molecule has 1 aromatic carbocycles. The zero-order valence-electron chi connectivity index (χ0n) is 23.0. The minimum atomic E-state index is -4.34. The highest BCUT2D eigenvalue weighted by Crippen LogP contribution is 2.32. The topological polar surface area (TPSA) is 134 Å². The average Bonchev–Trinajstić information content (AvgIpc) is 2.84. The van der Waals surface area contributed by atoms with E-state index in [0.717, 1.165) is 0 Å². The molecule has 3 rings (SSSR count). The fourth-order valence-electron chi connectivity index (χ4n) is 3.74. The Morgan fingerprint density at radius 1 is 1.10 bits per heavy atom. The molecule has 3 N–H and O–H groups in total. The maximum absolute atomic E-state index is 14.5. The molecule has 2 aromatic heterocycles. The van der Waals surface area contributed by atoms with Gasteiger partial charge in [-0.05, 0) is 54.2 Å². The molecule has 0 spiro atoms. The minimum Gasteiger partial charge on any atom is -0.493 e. The first kappa shape index (κ1) is 29.8. The zero-order valence-corrected chi connectivity index (χ0v) is 23.8. The number of amides is 1. The van der Waals surface area contributed by atoms with E-state index in [1.807, 2.05) is 46.3 Å². The summed E-state index contributed by atoms with van der Waals surface area (Å²) >= 11 is 0. The standard InChI is InChI=1S/C28H35FN4O5S/c1-7-23(28(4,5)6)38-27-21(26(34)33-39(35,36)25-10-8-9-24(30)32-25)11-12-22(31-27)18-13-19(29)15-20(14-18)37-16-17(2)3/h8-15,17,23H,7,16H2,1-6H3,(H2,30,32)(H,33,34). The molecule has 9 nitrogen and oxygen atoms in total. The first-order valence-electron chi connectivity index (χ1n) is 12.6. The number of hydrogen-bond acceptors (Lipinski definition) is 8. The van der Waals surface area contributed by atoms with Gasteiger partial charge in [-0.3, -0.25) is 4.79 Å². The molecule has 3 aromatic rings. The van der Waals surface area contributed by atoms with Crippen molar-refractivity contribution < 1.29 is 27.1 Å². The SMILES string of the molecule is CCC(Oc1nc(-c2cc(F)cc(OCC(C)C)c2)ccc1C(=O)NS(=O)(=O)c1cccc(N)n1)C(C)(C)C. The highest BCUT2D eigenvalue weighted by atomic mass is 32.2. The van der Waals surface area contributed by atoms with Crippen LogP contribution in [0.4, 0.5) is 10.2 Å². The lowest BCUT2D eigenvalue weighted by molar-refractivity contribution is 0.0757. The Hall–Kier alpha value is -3.73. The quantitative estimate of drug-likeness (QED) is 0.346. The minimum absolute atomic E-state index is 0.0110. The average molecular weight is 559 g/mol. The lowest BCUT2D eigenvalue weighted by Gasteiger charge is -2.30. The van der Waals surface area contributed by atoms with E-state index in [9.17, 15) is 17.6 Å². The number of hydrogen-bond donors (Lipinski definition) is 2. The van der Waals surface area contributed by atoms with Crippen molar-refractivity contribution in [1.82, 2.24) is 14.7 Å². The van der Waals surface area contributed by atoms with Crippen LogP contribution in [0.5, 0.6) is 11.6 Å². The van der Waals surface area contributed by atoms with Crippen LogP contribution >= 0.6 is 0 Å². The molecule has 0 saturated heterocycles. The Balaban J connectivity index is 2.04. The van der Waals surface area contributed by atoms with Gasteiger partial charge in [0.25, 0.3) is 15.9 Å². The molecule has 39 heavy (non-hydrogen) atoms. The van der Waals surface area contributed by atoms with Crippen molar-refractivity contribution in [1.29, 1.82) is 0 Å². The van der Waals surface area contributed by atoms with Crippen LogP contribution in [0.15, 0.2) is 53.6 Å². The summed E-state index contributed by atoms with van der Waals surface area (Å²) in [5.41, 5.74) is 5.90. The molecule has 1 unspecified atom stereocenters. The number of nitrogens with one attached hydrogen (secondary N) is 1. The molecule has 1 amide bonds. The maximum Gasteiger partial charge on any atom is 0.281 e. The molecule has 0 bridgehead atoms. The summed E-state index contributed by atoms with van der Waals surface area (Å²) in [4.78, 5) is 21.5. The number of pyridine rings is 2. The molecular formula is C28H35FN4O5S. The van der Waals surface area contributed by atoms with Crippen molar-refractivity contribution in [3.8, 4) is 22.9 Å². The number of aromatic nitrogens is 2. The Labute approximate surface area is 229 Å². The first-order valence-corrected chi connectivity index (χ1v) is 14.1. The summed E-state index contributed by atoms with van der Waals surface area (Å²) in [7, 11) is -4.34. The second kappa shape index (κ2) is 12.0. The third-order valence-corrected chi connectivity index (χ3v) is 6.93. The van der Waals surface area contributed by atoms with Crippen LogP contribution in [0.3, 0.4) is 0 Å². The number of rotatable bonds is 10.